The van der Waals surface area contributed by atoms with Crippen LogP contribution < -0.4 is 4.90 Å². The number of nitrogens with zero attached hydrogens (tertiary/aromatic N) is 3. The van der Waals surface area contributed by atoms with E-state index in [-0.39, 0.29) is 17.4 Å². The summed E-state index contributed by atoms with van der Waals surface area (Å²) in [5.74, 6) is 0.321. The molecule has 1 N–H and O–H groups in total. The summed E-state index contributed by atoms with van der Waals surface area (Å²) < 4.78 is 23.4. The molecule has 1 saturated heterocycles. The van der Waals surface area contributed by atoms with Gasteiger partial charge >= 0.3 is 0 Å². The average Bonchev–Trinajstić information content (AvgIpc) is 2.80. The second kappa shape index (κ2) is 9.08. The van der Waals surface area contributed by atoms with Gasteiger partial charge in [-0.15, -0.1) is 0 Å². The molecular formula is C25H31N3O4S. The Morgan fingerprint density at radius 2 is 1.61 bits per heavy atom. The summed E-state index contributed by atoms with van der Waals surface area (Å²) in [5, 5.41) is 10.7. The maximum atomic E-state index is 13.1. The van der Waals surface area contributed by atoms with Crippen molar-refractivity contribution >= 4 is 21.4 Å². The number of anilines is 1. The Hall–Kier alpha value is -2.42. The molecule has 33 heavy (non-hydrogen) atoms. The van der Waals surface area contributed by atoms with E-state index in [9.17, 15) is 18.3 Å². The fraction of sp³-hybridized carbons (Fsp3) is 0.480. The smallest absolute Gasteiger partial charge is 0.254 e. The van der Waals surface area contributed by atoms with Crippen LogP contribution in [0.2, 0.25) is 0 Å². The molecule has 3 heterocycles. The lowest BCUT2D eigenvalue weighted by atomic mass is 9.97. The van der Waals surface area contributed by atoms with E-state index < -0.39 is 15.9 Å². The minimum Gasteiger partial charge on any atom is -0.390 e. The van der Waals surface area contributed by atoms with Crippen molar-refractivity contribution in [2.24, 2.45) is 0 Å². The molecule has 5 rings (SSSR count). The van der Waals surface area contributed by atoms with Gasteiger partial charge in [0, 0.05) is 57.1 Å². The highest BCUT2D eigenvalue weighted by Gasteiger charge is 2.29. The van der Waals surface area contributed by atoms with E-state index in [1.54, 1.807) is 4.90 Å². The monoisotopic (exact) mass is 469 g/mol. The zero-order valence-electron chi connectivity index (χ0n) is 18.8. The summed E-state index contributed by atoms with van der Waals surface area (Å²) in [5.41, 5.74) is 5.38. The molecule has 2 aromatic rings. The maximum absolute atomic E-state index is 13.1. The van der Waals surface area contributed by atoms with Crippen LogP contribution in [0.4, 0.5) is 5.69 Å². The van der Waals surface area contributed by atoms with Crippen molar-refractivity contribution in [2.75, 3.05) is 55.7 Å². The Bertz CT molecular complexity index is 1140. The van der Waals surface area contributed by atoms with Gasteiger partial charge < -0.3 is 14.9 Å². The first-order valence-electron chi connectivity index (χ1n) is 11.7. The third-order valence-corrected chi connectivity index (χ3v) is 8.69. The molecule has 3 aliphatic rings. The van der Waals surface area contributed by atoms with Gasteiger partial charge in [-0.1, -0.05) is 24.3 Å². The molecule has 0 unspecified atom stereocenters. The molecule has 0 aliphatic carbocycles. The van der Waals surface area contributed by atoms with Gasteiger partial charge in [0.2, 0.25) is 0 Å². The van der Waals surface area contributed by atoms with Gasteiger partial charge in [0.05, 0.1) is 17.6 Å². The first-order chi connectivity index (χ1) is 15.9. The molecule has 7 nitrogen and oxygen atoms in total. The van der Waals surface area contributed by atoms with Gasteiger partial charge in [-0.25, -0.2) is 8.42 Å². The van der Waals surface area contributed by atoms with E-state index in [0.29, 0.717) is 38.3 Å². The summed E-state index contributed by atoms with van der Waals surface area (Å²) in [6, 6.07) is 14.3. The van der Waals surface area contributed by atoms with Crippen LogP contribution in [0.25, 0.3) is 0 Å². The van der Waals surface area contributed by atoms with Crippen LogP contribution in [-0.2, 0) is 29.2 Å². The Labute approximate surface area is 195 Å². The van der Waals surface area contributed by atoms with Crippen molar-refractivity contribution in [3.63, 3.8) is 0 Å². The molecule has 2 aromatic carbocycles. The molecule has 1 fully saturated rings. The molecule has 0 saturated carbocycles. The topological polar surface area (TPSA) is 81.2 Å². The Kier molecular flexibility index (Phi) is 6.16. The largest absolute Gasteiger partial charge is 0.390 e. The van der Waals surface area contributed by atoms with E-state index in [1.807, 2.05) is 18.2 Å². The van der Waals surface area contributed by atoms with Crippen molar-refractivity contribution < 1.29 is 18.3 Å². The number of hydrogen-bond donors (Lipinski definition) is 1. The van der Waals surface area contributed by atoms with Gasteiger partial charge in [-0.3, -0.25) is 9.69 Å². The minimum atomic E-state index is -2.92. The Morgan fingerprint density at radius 1 is 0.879 bits per heavy atom. The van der Waals surface area contributed by atoms with Crippen molar-refractivity contribution in [3.8, 4) is 0 Å². The quantitative estimate of drug-likeness (QED) is 0.712. The maximum Gasteiger partial charge on any atom is 0.254 e. The number of hydrogen-bond acceptors (Lipinski definition) is 6. The van der Waals surface area contributed by atoms with Crippen LogP contribution in [-0.4, -0.2) is 86.1 Å². The number of fused-ring (bicyclic) bond motifs is 2. The van der Waals surface area contributed by atoms with Crippen LogP contribution in [0.15, 0.2) is 42.5 Å². The number of rotatable bonds is 5. The summed E-state index contributed by atoms with van der Waals surface area (Å²) in [4.78, 5) is 19.2. The summed E-state index contributed by atoms with van der Waals surface area (Å²) in [6.07, 6.45) is 1.14. The molecule has 0 bridgehead atoms. The molecule has 0 aromatic heterocycles. The normalized spacial score (nSPS) is 21.4. The number of β-amino-alcohol motifs (C(OH)–C–C–N with tert-alkyl or cyclic N) is 1. The van der Waals surface area contributed by atoms with E-state index in [2.05, 4.69) is 34.1 Å². The minimum absolute atomic E-state index is 0.0351. The zero-order chi connectivity index (χ0) is 23.0. The fourth-order valence-electron chi connectivity index (χ4n) is 5.18. The molecule has 0 radical (unpaired) electrons. The number of sulfone groups is 1. The highest BCUT2D eigenvalue weighted by Crippen LogP contribution is 2.26. The average molecular weight is 470 g/mol. The third kappa shape index (κ3) is 4.93. The summed E-state index contributed by atoms with van der Waals surface area (Å²) in [6.45, 7) is 4.23. The van der Waals surface area contributed by atoms with Gasteiger partial charge in [-0.05, 0) is 47.7 Å². The van der Waals surface area contributed by atoms with E-state index in [0.717, 1.165) is 37.2 Å². The molecule has 0 spiro atoms. The molecule has 1 atom stereocenters. The fourth-order valence-corrected chi connectivity index (χ4v) is 6.39. The lowest BCUT2D eigenvalue weighted by Crippen LogP contribution is -2.46. The molecule has 176 valence electrons. The van der Waals surface area contributed by atoms with E-state index >= 15 is 0 Å². The number of carbonyl (C=O) groups excluding carboxylic acids is 1. The lowest BCUT2D eigenvalue weighted by molar-refractivity contribution is 0.0493. The standard InChI is InChI=1S/C25H31N3O4S/c29-23(17-26-9-7-19-3-1-2-4-21(19)16-26)18-28-10-8-20-15-22(5-6-24(20)25(28)30)27-11-13-33(31,32)14-12-27/h1-6,15,23,29H,7-14,16-18H2/t23-/m1/s1. The predicted octanol–water partition coefficient (Wildman–Crippen LogP) is 1.34. The van der Waals surface area contributed by atoms with Crippen LogP contribution in [0, 0.1) is 0 Å². The lowest BCUT2D eigenvalue weighted by Gasteiger charge is -2.34. The predicted molar refractivity (Wildman–Crippen MR) is 128 cm³/mol. The van der Waals surface area contributed by atoms with Crippen LogP contribution >= 0.6 is 0 Å². The SMILES string of the molecule is O=C1c2ccc(N3CCS(=O)(=O)CC3)cc2CCN1C[C@H](O)CN1CCc2ccccc2C1. The molecular weight excluding hydrogens is 438 g/mol. The molecule has 8 heteroatoms. The Morgan fingerprint density at radius 3 is 2.39 bits per heavy atom. The van der Waals surface area contributed by atoms with Gasteiger partial charge in [0.25, 0.3) is 5.91 Å². The van der Waals surface area contributed by atoms with Crippen molar-refractivity contribution in [3.05, 3.63) is 64.7 Å². The highest BCUT2D eigenvalue weighted by atomic mass is 32.2. The highest BCUT2D eigenvalue weighted by molar-refractivity contribution is 7.91. The van der Waals surface area contributed by atoms with Crippen molar-refractivity contribution in [1.82, 2.24) is 9.80 Å². The third-order valence-electron chi connectivity index (χ3n) is 7.08. The second-order valence-electron chi connectivity index (χ2n) is 9.39. The van der Waals surface area contributed by atoms with Gasteiger partial charge in [0.15, 0.2) is 9.84 Å². The number of amides is 1. The molecule has 3 aliphatic heterocycles. The van der Waals surface area contributed by atoms with Crippen molar-refractivity contribution in [2.45, 2.75) is 25.5 Å². The summed E-state index contributed by atoms with van der Waals surface area (Å²) >= 11 is 0. The van der Waals surface area contributed by atoms with Crippen molar-refractivity contribution in [1.29, 1.82) is 0 Å². The number of aliphatic hydroxyl groups excluding tert-OH is 1. The van der Waals surface area contributed by atoms with Crippen LogP contribution in [0.1, 0.15) is 27.0 Å². The van der Waals surface area contributed by atoms with Gasteiger partial charge in [0.1, 0.15) is 0 Å². The molecule has 1 amide bonds. The Balaban J connectivity index is 1.19. The van der Waals surface area contributed by atoms with E-state index in [4.69, 9.17) is 0 Å². The zero-order valence-corrected chi connectivity index (χ0v) is 19.6. The number of aliphatic hydroxyl groups is 1. The van der Waals surface area contributed by atoms with Crippen LogP contribution in [0.3, 0.4) is 0 Å². The van der Waals surface area contributed by atoms with Gasteiger partial charge in [-0.2, -0.15) is 0 Å². The van der Waals surface area contributed by atoms with E-state index in [1.165, 1.54) is 11.1 Å². The second-order valence-corrected chi connectivity index (χ2v) is 11.7. The number of benzene rings is 2. The first kappa shape index (κ1) is 22.4. The van der Waals surface area contributed by atoms with Crippen LogP contribution in [0.5, 0.6) is 0 Å². The first-order valence-corrected chi connectivity index (χ1v) is 13.5. The summed E-state index contributed by atoms with van der Waals surface area (Å²) in [7, 11) is -2.92. The number of carbonyl (C=O) groups is 1.